The lowest BCUT2D eigenvalue weighted by molar-refractivity contribution is -0.131. The number of ether oxygens (including phenoxy) is 2. The molecule has 2 fully saturated rings. The van der Waals surface area contributed by atoms with Crippen LogP contribution in [0, 0.1) is 17.2 Å². The van der Waals surface area contributed by atoms with Crippen LogP contribution in [0.5, 0.6) is 5.75 Å². The van der Waals surface area contributed by atoms with Gasteiger partial charge in [-0.1, -0.05) is 6.07 Å². The third-order valence-corrected chi connectivity index (χ3v) is 7.75. The molecule has 2 amide bonds. The van der Waals surface area contributed by atoms with E-state index in [0.717, 1.165) is 44.3 Å². The number of halogens is 1. The number of carbonyl (C=O) groups is 2. The summed E-state index contributed by atoms with van der Waals surface area (Å²) >= 11 is 1.49. The molecule has 2 aliphatic heterocycles. The number of nitrogens with one attached hydrogen (secondary N) is 2. The minimum absolute atomic E-state index is 0.0235. The highest BCUT2D eigenvalue weighted by Gasteiger charge is 2.40. The Morgan fingerprint density at radius 1 is 1.36 bits per heavy atom. The molecule has 2 N–H and O–H groups in total. The number of rotatable bonds is 14. The van der Waals surface area contributed by atoms with Crippen molar-refractivity contribution in [3.05, 3.63) is 24.3 Å². The Kier molecular flexibility index (Phi) is 11.6. The maximum atomic E-state index is 12.9. The van der Waals surface area contributed by atoms with E-state index in [9.17, 15) is 19.2 Å². The van der Waals surface area contributed by atoms with E-state index in [1.807, 2.05) is 37.3 Å². The van der Waals surface area contributed by atoms with Gasteiger partial charge >= 0.3 is 0 Å². The van der Waals surface area contributed by atoms with Gasteiger partial charge in [-0.15, -0.1) is 11.8 Å². The van der Waals surface area contributed by atoms with Crippen LogP contribution in [0.15, 0.2) is 24.3 Å². The fourth-order valence-electron chi connectivity index (χ4n) is 4.26. The minimum Gasteiger partial charge on any atom is -0.492 e. The lowest BCUT2D eigenvalue weighted by Gasteiger charge is -2.26. The van der Waals surface area contributed by atoms with Crippen LogP contribution >= 0.6 is 11.8 Å². The van der Waals surface area contributed by atoms with Gasteiger partial charge in [0.25, 0.3) is 0 Å². The lowest BCUT2D eigenvalue weighted by Crippen LogP contribution is -2.38. The Morgan fingerprint density at radius 2 is 2.17 bits per heavy atom. The first-order chi connectivity index (χ1) is 17.5. The quantitative estimate of drug-likeness (QED) is 0.383. The van der Waals surface area contributed by atoms with Gasteiger partial charge in [0.1, 0.15) is 24.9 Å². The second kappa shape index (κ2) is 14.9. The number of nitriles is 1. The van der Waals surface area contributed by atoms with Gasteiger partial charge in [-0.25, -0.2) is 4.39 Å². The van der Waals surface area contributed by atoms with Crippen LogP contribution < -0.4 is 15.4 Å². The van der Waals surface area contributed by atoms with Crippen molar-refractivity contribution in [3.8, 4) is 11.8 Å². The molecule has 0 radical (unpaired) electrons. The normalized spacial score (nSPS) is 21.1. The second-order valence-corrected chi connectivity index (χ2v) is 10.0. The first-order valence-corrected chi connectivity index (χ1v) is 13.5. The number of amides is 2. The van der Waals surface area contributed by atoms with E-state index in [-0.39, 0.29) is 29.5 Å². The number of hydrogen-bond acceptors (Lipinski definition) is 8. The van der Waals surface area contributed by atoms with Gasteiger partial charge in [-0.05, 0) is 25.5 Å². The van der Waals surface area contributed by atoms with Crippen molar-refractivity contribution >= 4 is 29.3 Å². The zero-order valence-electron chi connectivity index (χ0n) is 20.8. The van der Waals surface area contributed by atoms with E-state index in [1.165, 1.54) is 11.8 Å². The molecule has 3 rings (SSSR count). The Hall–Kier alpha value is -2.55. The number of nitrogens with zero attached hydrogens (tertiary/aromatic N) is 3. The van der Waals surface area contributed by atoms with Gasteiger partial charge in [0.05, 0.1) is 29.9 Å². The molecule has 9 nitrogen and oxygen atoms in total. The molecule has 0 aromatic heterocycles. The van der Waals surface area contributed by atoms with Crippen molar-refractivity contribution in [2.75, 3.05) is 71.1 Å². The summed E-state index contributed by atoms with van der Waals surface area (Å²) in [4.78, 5) is 29.1. The lowest BCUT2D eigenvalue weighted by atomic mass is 10.1. The van der Waals surface area contributed by atoms with Crippen LogP contribution in [0.4, 0.5) is 10.1 Å². The van der Waals surface area contributed by atoms with Crippen molar-refractivity contribution in [2.45, 2.75) is 30.4 Å². The summed E-state index contributed by atoms with van der Waals surface area (Å²) in [6.45, 7) is 7.09. The summed E-state index contributed by atoms with van der Waals surface area (Å²) in [5.41, 5.74) is 0.923. The Labute approximate surface area is 216 Å². The summed E-state index contributed by atoms with van der Waals surface area (Å²) in [5.74, 6) is -0.587. The van der Waals surface area contributed by atoms with E-state index >= 15 is 0 Å². The number of anilines is 1. The number of alkyl halides is 1. The van der Waals surface area contributed by atoms with Crippen LogP contribution in [0.3, 0.4) is 0 Å². The van der Waals surface area contributed by atoms with E-state index in [0.29, 0.717) is 26.1 Å². The van der Waals surface area contributed by atoms with Gasteiger partial charge in [0.15, 0.2) is 0 Å². The number of morpholine rings is 1. The highest BCUT2D eigenvalue weighted by molar-refractivity contribution is 8.01. The zero-order chi connectivity index (χ0) is 25.8. The van der Waals surface area contributed by atoms with Crippen molar-refractivity contribution < 1.29 is 23.5 Å². The average Bonchev–Trinajstić information content (AvgIpc) is 3.20. The van der Waals surface area contributed by atoms with Crippen LogP contribution in [-0.4, -0.2) is 98.0 Å². The second-order valence-electron chi connectivity index (χ2n) is 8.65. The fourth-order valence-corrected chi connectivity index (χ4v) is 5.84. The molecule has 11 heteroatoms. The molecule has 2 heterocycles. The highest BCUT2D eigenvalue weighted by Crippen LogP contribution is 2.37. The number of carbonyl (C=O) groups excluding carboxylic acids is 2. The molecule has 0 aliphatic carbocycles. The Balaban J connectivity index is 1.45. The van der Waals surface area contributed by atoms with Crippen LogP contribution in [-0.2, 0) is 14.3 Å². The standard InChI is InChI=1S/C25H36FN5O4S/c1-2-31-23(16-19(18-27)24(32)29-9-7-26)36-22(25(31)33)6-8-28-20-4-3-5-21(17-20)35-15-12-30-10-13-34-14-11-30/h3-5,17,19,22-23,28H,2,6-16H2,1H3,(H,29,32). The van der Waals surface area contributed by atoms with E-state index in [2.05, 4.69) is 15.5 Å². The summed E-state index contributed by atoms with van der Waals surface area (Å²) in [6.07, 6.45) is 0.844. The number of hydrogen-bond donors (Lipinski definition) is 2. The molecule has 198 valence electrons. The number of benzene rings is 1. The summed E-state index contributed by atoms with van der Waals surface area (Å²) < 4.78 is 23.6. The van der Waals surface area contributed by atoms with Crippen LogP contribution in [0.1, 0.15) is 19.8 Å². The van der Waals surface area contributed by atoms with Gasteiger partial charge in [-0.3, -0.25) is 14.5 Å². The third-order valence-electron chi connectivity index (χ3n) is 6.22. The molecule has 1 aromatic rings. The number of thioether (sulfide) groups is 1. The molecular formula is C25H36FN5O4S. The molecule has 0 spiro atoms. The summed E-state index contributed by atoms with van der Waals surface area (Å²) in [5, 5.41) is 14.7. The Bertz CT molecular complexity index is 895. The van der Waals surface area contributed by atoms with Crippen molar-refractivity contribution in [2.24, 2.45) is 5.92 Å². The van der Waals surface area contributed by atoms with Gasteiger partial charge in [0.2, 0.25) is 11.8 Å². The van der Waals surface area contributed by atoms with Crippen LogP contribution in [0.2, 0.25) is 0 Å². The van der Waals surface area contributed by atoms with Crippen LogP contribution in [0.25, 0.3) is 0 Å². The van der Waals surface area contributed by atoms with E-state index in [1.54, 1.807) is 4.90 Å². The molecule has 36 heavy (non-hydrogen) atoms. The fraction of sp³-hybridized carbons (Fsp3) is 0.640. The molecule has 3 unspecified atom stereocenters. The largest absolute Gasteiger partial charge is 0.492 e. The minimum atomic E-state index is -0.918. The first kappa shape index (κ1) is 28.0. The van der Waals surface area contributed by atoms with Gasteiger partial charge < -0.3 is 25.0 Å². The predicted molar refractivity (Wildman–Crippen MR) is 138 cm³/mol. The average molecular weight is 522 g/mol. The molecular weight excluding hydrogens is 485 g/mol. The molecule has 2 saturated heterocycles. The molecule has 2 aliphatic rings. The third kappa shape index (κ3) is 8.25. The molecule has 0 bridgehead atoms. The summed E-state index contributed by atoms with van der Waals surface area (Å²) in [7, 11) is 0. The van der Waals surface area contributed by atoms with Crippen molar-refractivity contribution in [1.82, 2.24) is 15.1 Å². The van der Waals surface area contributed by atoms with Crippen molar-refractivity contribution in [3.63, 3.8) is 0 Å². The maximum Gasteiger partial charge on any atom is 0.237 e. The molecule has 1 aromatic carbocycles. The van der Waals surface area contributed by atoms with E-state index < -0.39 is 18.5 Å². The SMILES string of the molecule is CCN1C(=O)C(CCNc2cccc(OCCN3CCOCC3)c2)SC1CC(C#N)C(=O)NCCF. The topological polar surface area (TPSA) is 107 Å². The van der Waals surface area contributed by atoms with Gasteiger partial charge in [-0.2, -0.15) is 5.26 Å². The zero-order valence-corrected chi connectivity index (χ0v) is 21.6. The van der Waals surface area contributed by atoms with E-state index in [4.69, 9.17) is 9.47 Å². The molecule has 3 atom stereocenters. The smallest absolute Gasteiger partial charge is 0.237 e. The molecule has 0 saturated carbocycles. The first-order valence-electron chi connectivity index (χ1n) is 12.5. The maximum absolute atomic E-state index is 12.9. The highest BCUT2D eigenvalue weighted by atomic mass is 32.2. The summed E-state index contributed by atoms with van der Waals surface area (Å²) in [6, 6.07) is 9.79. The monoisotopic (exact) mass is 521 g/mol. The Morgan fingerprint density at radius 3 is 2.89 bits per heavy atom. The van der Waals surface area contributed by atoms with Crippen molar-refractivity contribution in [1.29, 1.82) is 5.26 Å². The van der Waals surface area contributed by atoms with Gasteiger partial charge in [0, 0.05) is 57.4 Å². The predicted octanol–water partition coefficient (Wildman–Crippen LogP) is 2.11.